The van der Waals surface area contributed by atoms with Gasteiger partial charge in [-0.25, -0.2) is 4.98 Å². The number of aliphatic hydroxyl groups is 1. The van der Waals surface area contributed by atoms with E-state index in [1.54, 1.807) is 6.33 Å². The van der Waals surface area contributed by atoms with Gasteiger partial charge in [0.2, 0.25) is 0 Å². The van der Waals surface area contributed by atoms with Crippen LogP contribution < -0.4 is 0 Å². The van der Waals surface area contributed by atoms with Gasteiger partial charge in [-0.15, -0.1) is 0 Å². The van der Waals surface area contributed by atoms with Crippen molar-refractivity contribution in [2.45, 2.75) is 19.4 Å². The SMILES string of the molecule is Cc1[nH]cnc1C(=O)N1CCCN(CC(O)c2ccccc2)CC1. The first-order valence-corrected chi connectivity index (χ1v) is 8.40. The zero-order chi connectivity index (χ0) is 16.9. The zero-order valence-electron chi connectivity index (χ0n) is 14.0. The van der Waals surface area contributed by atoms with Crippen LogP contribution in [0.4, 0.5) is 0 Å². The van der Waals surface area contributed by atoms with Crippen LogP contribution in [-0.2, 0) is 0 Å². The molecule has 2 N–H and O–H groups in total. The molecule has 1 atom stereocenters. The highest BCUT2D eigenvalue weighted by Crippen LogP contribution is 2.16. The molecule has 1 unspecified atom stereocenters. The number of nitrogens with zero attached hydrogens (tertiary/aromatic N) is 3. The van der Waals surface area contributed by atoms with E-state index in [9.17, 15) is 9.90 Å². The number of nitrogens with one attached hydrogen (secondary N) is 1. The minimum absolute atomic E-state index is 0.0146. The number of amides is 1. The number of benzene rings is 1. The molecule has 1 aliphatic rings. The van der Waals surface area contributed by atoms with Gasteiger partial charge in [-0.2, -0.15) is 0 Å². The Kier molecular flexibility index (Phi) is 5.27. The first-order chi connectivity index (χ1) is 11.6. The van der Waals surface area contributed by atoms with E-state index in [1.807, 2.05) is 42.2 Å². The number of aliphatic hydroxyl groups excluding tert-OH is 1. The molecule has 1 fully saturated rings. The third-order valence-corrected chi connectivity index (χ3v) is 4.52. The molecule has 0 radical (unpaired) electrons. The molecular weight excluding hydrogens is 304 g/mol. The molecule has 0 bridgehead atoms. The van der Waals surface area contributed by atoms with Gasteiger partial charge in [0, 0.05) is 38.4 Å². The lowest BCUT2D eigenvalue weighted by molar-refractivity contribution is 0.0748. The first-order valence-electron chi connectivity index (χ1n) is 8.40. The molecule has 24 heavy (non-hydrogen) atoms. The minimum Gasteiger partial charge on any atom is -0.387 e. The van der Waals surface area contributed by atoms with E-state index in [-0.39, 0.29) is 5.91 Å². The van der Waals surface area contributed by atoms with Crippen LogP contribution in [0.2, 0.25) is 0 Å². The van der Waals surface area contributed by atoms with Crippen molar-refractivity contribution in [2.75, 3.05) is 32.7 Å². The Morgan fingerprint density at radius 2 is 2.04 bits per heavy atom. The Bertz CT molecular complexity index is 671. The molecular formula is C18H24N4O2. The molecule has 0 aliphatic carbocycles. The predicted molar refractivity (Wildman–Crippen MR) is 91.7 cm³/mol. The summed E-state index contributed by atoms with van der Waals surface area (Å²) in [5, 5.41) is 10.4. The van der Waals surface area contributed by atoms with Crippen LogP contribution in [0.5, 0.6) is 0 Å². The summed E-state index contributed by atoms with van der Waals surface area (Å²) in [6.45, 7) is 5.48. The molecule has 6 nitrogen and oxygen atoms in total. The fourth-order valence-electron chi connectivity index (χ4n) is 3.11. The number of imidazole rings is 1. The zero-order valence-corrected chi connectivity index (χ0v) is 14.0. The summed E-state index contributed by atoms with van der Waals surface area (Å²) >= 11 is 0. The van der Waals surface area contributed by atoms with Crippen LogP contribution in [0.15, 0.2) is 36.7 Å². The smallest absolute Gasteiger partial charge is 0.274 e. The third kappa shape index (κ3) is 3.83. The quantitative estimate of drug-likeness (QED) is 0.894. The number of H-pyrrole nitrogens is 1. The second kappa shape index (κ2) is 7.59. The molecule has 3 rings (SSSR count). The maximum Gasteiger partial charge on any atom is 0.274 e. The van der Waals surface area contributed by atoms with Gasteiger partial charge in [-0.05, 0) is 18.9 Å². The topological polar surface area (TPSA) is 72.5 Å². The highest BCUT2D eigenvalue weighted by molar-refractivity contribution is 5.93. The van der Waals surface area contributed by atoms with Crippen molar-refractivity contribution >= 4 is 5.91 Å². The standard InChI is InChI=1S/C18H24N4O2/c1-14-17(20-13-19-14)18(24)22-9-5-8-21(10-11-22)12-16(23)15-6-3-2-4-7-15/h2-4,6-7,13,16,23H,5,8-12H2,1H3,(H,19,20). The number of rotatable bonds is 4. The summed E-state index contributed by atoms with van der Waals surface area (Å²) in [7, 11) is 0. The van der Waals surface area contributed by atoms with Gasteiger partial charge in [0.05, 0.1) is 12.4 Å². The summed E-state index contributed by atoms with van der Waals surface area (Å²) in [5.41, 5.74) is 2.25. The van der Waals surface area contributed by atoms with E-state index >= 15 is 0 Å². The molecule has 1 aromatic carbocycles. The maximum atomic E-state index is 12.6. The minimum atomic E-state index is -0.498. The van der Waals surface area contributed by atoms with Crippen molar-refractivity contribution in [1.29, 1.82) is 0 Å². The number of β-amino-alcohol motifs (C(OH)–C–C–N with tert-alkyl or cyclic N) is 1. The first kappa shape index (κ1) is 16.7. The Labute approximate surface area is 142 Å². The summed E-state index contributed by atoms with van der Waals surface area (Å²) < 4.78 is 0. The fraction of sp³-hybridized carbons (Fsp3) is 0.444. The molecule has 0 saturated carbocycles. The van der Waals surface area contributed by atoms with E-state index < -0.39 is 6.10 Å². The monoisotopic (exact) mass is 328 g/mol. The lowest BCUT2D eigenvalue weighted by atomic mass is 10.1. The molecule has 6 heteroatoms. The summed E-state index contributed by atoms with van der Waals surface area (Å²) in [6, 6.07) is 9.71. The Morgan fingerprint density at radius 1 is 1.25 bits per heavy atom. The van der Waals surface area contributed by atoms with E-state index in [0.29, 0.717) is 18.8 Å². The largest absolute Gasteiger partial charge is 0.387 e. The van der Waals surface area contributed by atoms with Crippen LogP contribution >= 0.6 is 0 Å². The van der Waals surface area contributed by atoms with Crippen molar-refractivity contribution in [3.63, 3.8) is 0 Å². The van der Waals surface area contributed by atoms with E-state index in [0.717, 1.165) is 37.3 Å². The predicted octanol–water partition coefficient (Wildman–Crippen LogP) is 1.60. The van der Waals surface area contributed by atoms with E-state index in [2.05, 4.69) is 14.9 Å². The maximum absolute atomic E-state index is 12.6. The van der Waals surface area contributed by atoms with Gasteiger partial charge in [0.1, 0.15) is 5.69 Å². The van der Waals surface area contributed by atoms with Crippen LogP contribution in [0, 0.1) is 6.92 Å². The summed E-state index contributed by atoms with van der Waals surface area (Å²) in [4.78, 5) is 23.7. The molecule has 0 spiro atoms. The molecule has 1 amide bonds. The Hall–Kier alpha value is -2.18. The highest BCUT2D eigenvalue weighted by Gasteiger charge is 2.24. The summed E-state index contributed by atoms with van der Waals surface area (Å²) in [5.74, 6) is -0.0146. The van der Waals surface area contributed by atoms with Crippen LogP contribution in [-0.4, -0.2) is 63.5 Å². The van der Waals surface area contributed by atoms with E-state index in [4.69, 9.17) is 0 Å². The number of carbonyl (C=O) groups is 1. The van der Waals surface area contributed by atoms with Gasteiger partial charge in [-0.3, -0.25) is 9.69 Å². The second-order valence-electron chi connectivity index (χ2n) is 6.25. The van der Waals surface area contributed by atoms with Crippen molar-refractivity contribution < 1.29 is 9.90 Å². The van der Waals surface area contributed by atoms with Gasteiger partial charge >= 0.3 is 0 Å². The van der Waals surface area contributed by atoms with Gasteiger partial charge in [0.25, 0.3) is 5.91 Å². The van der Waals surface area contributed by atoms with Crippen molar-refractivity contribution in [3.8, 4) is 0 Å². The number of aromatic amines is 1. The number of hydrogen-bond donors (Lipinski definition) is 2. The van der Waals surface area contributed by atoms with Gasteiger partial charge in [0.15, 0.2) is 0 Å². The number of carbonyl (C=O) groups excluding carboxylic acids is 1. The third-order valence-electron chi connectivity index (χ3n) is 4.52. The van der Waals surface area contributed by atoms with Gasteiger partial charge < -0.3 is 15.0 Å². The van der Waals surface area contributed by atoms with Crippen molar-refractivity contribution in [1.82, 2.24) is 19.8 Å². The van der Waals surface area contributed by atoms with E-state index in [1.165, 1.54) is 0 Å². The molecule has 1 aromatic heterocycles. The number of aromatic nitrogens is 2. The Morgan fingerprint density at radius 3 is 2.75 bits per heavy atom. The molecule has 2 aromatic rings. The second-order valence-corrected chi connectivity index (χ2v) is 6.25. The molecule has 1 aliphatic heterocycles. The van der Waals surface area contributed by atoms with Crippen molar-refractivity contribution in [2.24, 2.45) is 0 Å². The lowest BCUT2D eigenvalue weighted by Crippen LogP contribution is -2.36. The normalized spacial score (nSPS) is 17.5. The highest BCUT2D eigenvalue weighted by atomic mass is 16.3. The number of hydrogen-bond acceptors (Lipinski definition) is 4. The number of aryl methyl sites for hydroxylation is 1. The fourth-order valence-corrected chi connectivity index (χ4v) is 3.11. The molecule has 2 heterocycles. The van der Waals surface area contributed by atoms with Crippen molar-refractivity contribution in [3.05, 3.63) is 53.6 Å². The molecule has 128 valence electrons. The molecule has 1 saturated heterocycles. The summed E-state index contributed by atoms with van der Waals surface area (Å²) in [6.07, 6.45) is 1.96. The van der Waals surface area contributed by atoms with Crippen LogP contribution in [0.25, 0.3) is 0 Å². The average Bonchev–Trinajstić information content (AvgIpc) is 2.89. The van der Waals surface area contributed by atoms with Crippen LogP contribution in [0.3, 0.4) is 0 Å². The van der Waals surface area contributed by atoms with Crippen LogP contribution in [0.1, 0.15) is 34.3 Å². The van der Waals surface area contributed by atoms with Gasteiger partial charge in [-0.1, -0.05) is 30.3 Å². The average molecular weight is 328 g/mol. The Balaban J connectivity index is 1.57. The lowest BCUT2D eigenvalue weighted by Gasteiger charge is -2.24.